The van der Waals surface area contributed by atoms with Crippen LogP contribution < -0.4 is 11.1 Å². The molecule has 4 N–H and O–H groups in total. The third-order valence-electron chi connectivity index (χ3n) is 3.49. The minimum absolute atomic E-state index is 0.0892. The number of piperidine rings is 1. The molecule has 7 heteroatoms. The Balaban J connectivity index is 2.54. The van der Waals surface area contributed by atoms with Gasteiger partial charge >= 0.3 is 6.03 Å². The van der Waals surface area contributed by atoms with Crippen LogP contribution in [-0.4, -0.2) is 54.2 Å². The summed E-state index contributed by atoms with van der Waals surface area (Å²) >= 11 is 0. The van der Waals surface area contributed by atoms with Crippen molar-refractivity contribution in [3.05, 3.63) is 0 Å². The van der Waals surface area contributed by atoms with Crippen molar-refractivity contribution in [2.24, 2.45) is 11.7 Å². The van der Waals surface area contributed by atoms with Crippen molar-refractivity contribution in [3.63, 3.8) is 0 Å². The first-order chi connectivity index (χ1) is 8.92. The van der Waals surface area contributed by atoms with Crippen molar-refractivity contribution < 1.29 is 18.7 Å². The zero-order valence-corrected chi connectivity index (χ0v) is 11.2. The van der Waals surface area contributed by atoms with Crippen LogP contribution in [0.25, 0.3) is 0 Å². The quantitative estimate of drug-likeness (QED) is 0.672. The standard InChI is InChI=1S/C12H23F2N3O2/c1-2-10(18)4-8-3-9(16-5-11(13)14)7-17(6-8)12(15)19/h8-11,16,18H,2-7H2,1H3,(H2,15,19). The van der Waals surface area contributed by atoms with Gasteiger partial charge in [0.25, 0.3) is 6.43 Å². The van der Waals surface area contributed by atoms with Gasteiger partial charge in [0.2, 0.25) is 0 Å². The normalized spacial score (nSPS) is 25.6. The van der Waals surface area contributed by atoms with Gasteiger partial charge in [0, 0.05) is 19.1 Å². The second kappa shape index (κ2) is 7.59. The van der Waals surface area contributed by atoms with Gasteiger partial charge < -0.3 is 21.1 Å². The number of aliphatic hydroxyl groups is 1. The van der Waals surface area contributed by atoms with Crippen molar-refractivity contribution in [2.75, 3.05) is 19.6 Å². The molecule has 1 saturated heterocycles. The van der Waals surface area contributed by atoms with Gasteiger partial charge in [0.1, 0.15) is 0 Å². The van der Waals surface area contributed by atoms with Crippen LogP contribution in [0.3, 0.4) is 0 Å². The van der Waals surface area contributed by atoms with E-state index in [4.69, 9.17) is 5.73 Å². The van der Waals surface area contributed by atoms with Gasteiger partial charge in [-0.3, -0.25) is 0 Å². The largest absolute Gasteiger partial charge is 0.393 e. The Morgan fingerprint density at radius 3 is 2.74 bits per heavy atom. The van der Waals surface area contributed by atoms with E-state index in [0.717, 1.165) is 0 Å². The third kappa shape index (κ3) is 5.69. The maximum absolute atomic E-state index is 12.2. The van der Waals surface area contributed by atoms with Crippen LogP contribution in [0, 0.1) is 5.92 Å². The van der Waals surface area contributed by atoms with E-state index in [1.165, 1.54) is 4.90 Å². The fourth-order valence-electron chi connectivity index (χ4n) is 2.51. The smallest absolute Gasteiger partial charge is 0.314 e. The average molecular weight is 279 g/mol. The summed E-state index contributed by atoms with van der Waals surface area (Å²) in [7, 11) is 0. The number of halogens is 2. The Hall–Kier alpha value is -0.950. The molecule has 5 nitrogen and oxygen atoms in total. The fraction of sp³-hybridized carbons (Fsp3) is 0.917. The number of amides is 2. The lowest BCUT2D eigenvalue weighted by atomic mass is 9.89. The second-order valence-electron chi connectivity index (χ2n) is 5.14. The topological polar surface area (TPSA) is 78.6 Å². The van der Waals surface area contributed by atoms with E-state index >= 15 is 0 Å². The molecule has 2 amide bonds. The summed E-state index contributed by atoms with van der Waals surface area (Å²) in [4.78, 5) is 12.7. The van der Waals surface area contributed by atoms with Crippen LogP contribution in [0.15, 0.2) is 0 Å². The summed E-state index contributed by atoms with van der Waals surface area (Å²) in [5, 5.41) is 12.4. The van der Waals surface area contributed by atoms with E-state index in [1.807, 2.05) is 6.92 Å². The maximum atomic E-state index is 12.2. The van der Waals surface area contributed by atoms with Gasteiger partial charge in [-0.2, -0.15) is 0 Å². The van der Waals surface area contributed by atoms with E-state index in [9.17, 15) is 18.7 Å². The molecule has 1 rings (SSSR count). The molecule has 1 aliphatic heterocycles. The molecule has 0 bridgehead atoms. The van der Waals surface area contributed by atoms with Crippen molar-refractivity contribution in [1.29, 1.82) is 0 Å². The SMILES string of the molecule is CCC(O)CC1CC(NCC(F)F)CN(C(N)=O)C1. The van der Waals surface area contributed by atoms with Crippen LogP contribution in [0.5, 0.6) is 0 Å². The second-order valence-corrected chi connectivity index (χ2v) is 5.14. The highest BCUT2D eigenvalue weighted by molar-refractivity contribution is 5.72. The van der Waals surface area contributed by atoms with Gasteiger partial charge in [0.05, 0.1) is 12.6 Å². The number of likely N-dealkylation sites (tertiary alicyclic amines) is 1. The van der Waals surface area contributed by atoms with E-state index in [-0.39, 0.29) is 18.5 Å². The summed E-state index contributed by atoms with van der Waals surface area (Å²) in [6.07, 6.45) is -0.958. The number of aliphatic hydroxyl groups excluding tert-OH is 1. The van der Waals surface area contributed by atoms with Crippen molar-refractivity contribution in [1.82, 2.24) is 10.2 Å². The number of nitrogens with one attached hydrogen (secondary N) is 1. The number of carbonyl (C=O) groups excluding carboxylic acids is 1. The van der Waals surface area contributed by atoms with E-state index in [2.05, 4.69) is 5.32 Å². The lowest BCUT2D eigenvalue weighted by molar-refractivity contribution is 0.0872. The van der Waals surface area contributed by atoms with Crippen molar-refractivity contribution >= 4 is 6.03 Å². The molecule has 19 heavy (non-hydrogen) atoms. The molecule has 1 fully saturated rings. The highest BCUT2D eigenvalue weighted by atomic mass is 19.3. The summed E-state index contributed by atoms with van der Waals surface area (Å²) in [6, 6.07) is -0.733. The van der Waals surface area contributed by atoms with Gasteiger partial charge in [-0.05, 0) is 25.2 Å². The molecule has 3 atom stereocenters. The molecule has 0 aromatic rings. The Morgan fingerprint density at radius 2 is 2.21 bits per heavy atom. The highest BCUT2D eigenvalue weighted by Crippen LogP contribution is 2.22. The predicted octanol–water partition coefficient (Wildman–Crippen LogP) is 0.771. The van der Waals surface area contributed by atoms with Gasteiger partial charge in [-0.15, -0.1) is 0 Å². The first-order valence-electron chi connectivity index (χ1n) is 6.66. The number of rotatable bonds is 6. The van der Waals surface area contributed by atoms with Crippen LogP contribution in [0.1, 0.15) is 26.2 Å². The molecule has 0 aromatic carbocycles. The zero-order chi connectivity index (χ0) is 14.4. The number of hydrogen-bond acceptors (Lipinski definition) is 3. The maximum Gasteiger partial charge on any atom is 0.314 e. The Kier molecular flexibility index (Phi) is 6.44. The van der Waals surface area contributed by atoms with E-state index < -0.39 is 18.6 Å². The van der Waals surface area contributed by atoms with Crippen LogP contribution in [0.4, 0.5) is 13.6 Å². The number of carbonyl (C=O) groups is 1. The Labute approximate surface area is 112 Å². The van der Waals surface area contributed by atoms with Crippen LogP contribution in [0.2, 0.25) is 0 Å². The first kappa shape index (κ1) is 16.1. The lowest BCUT2D eigenvalue weighted by Gasteiger charge is -2.38. The van der Waals surface area contributed by atoms with E-state index in [0.29, 0.717) is 32.4 Å². The number of hydrogen-bond donors (Lipinski definition) is 3. The minimum Gasteiger partial charge on any atom is -0.393 e. The number of primary amides is 1. The predicted molar refractivity (Wildman–Crippen MR) is 68.0 cm³/mol. The molecule has 1 heterocycles. The van der Waals surface area contributed by atoms with Crippen molar-refractivity contribution in [2.45, 2.75) is 44.8 Å². The van der Waals surface area contributed by atoms with Crippen LogP contribution in [-0.2, 0) is 0 Å². The zero-order valence-electron chi connectivity index (χ0n) is 11.2. The Bertz CT molecular complexity index is 292. The first-order valence-corrected chi connectivity index (χ1v) is 6.66. The molecule has 112 valence electrons. The number of alkyl halides is 2. The van der Waals surface area contributed by atoms with Gasteiger partial charge in [-0.25, -0.2) is 13.6 Å². The van der Waals surface area contributed by atoms with E-state index in [1.54, 1.807) is 0 Å². The molecule has 0 aliphatic carbocycles. The molecule has 0 spiro atoms. The summed E-state index contributed by atoms with van der Waals surface area (Å²) in [6.45, 7) is 2.33. The number of nitrogens with two attached hydrogens (primary N) is 1. The summed E-state index contributed by atoms with van der Waals surface area (Å²) in [5.74, 6) is 0.0892. The summed E-state index contributed by atoms with van der Waals surface area (Å²) < 4.78 is 24.4. The molecule has 1 aliphatic rings. The van der Waals surface area contributed by atoms with Crippen molar-refractivity contribution in [3.8, 4) is 0 Å². The van der Waals surface area contributed by atoms with Gasteiger partial charge in [0.15, 0.2) is 0 Å². The molecule has 0 saturated carbocycles. The lowest BCUT2D eigenvalue weighted by Crippen LogP contribution is -2.53. The fourth-order valence-corrected chi connectivity index (χ4v) is 2.51. The van der Waals surface area contributed by atoms with Crippen LogP contribution >= 0.6 is 0 Å². The minimum atomic E-state index is -2.41. The molecular formula is C12H23F2N3O2. The van der Waals surface area contributed by atoms with Gasteiger partial charge in [-0.1, -0.05) is 6.92 Å². The molecule has 0 radical (unpaired) electrons. The summed E-state index contributed by atoms with van der Waals surface area (Å²) in [5.41, 5.74) is 5.26. The molecule has 0 aromatic heterocycles. The average Bonchev–Trinajstić information content (AvgIpc) is 2.35. The Morgan fingerprint density at radius 1 is 1.53 bits per heavy atom. The monoisotopic (exact) mass is 279 g/mol. The molecular weight excluding hydrogens is 256 g/mol. The highest BCUT2D eigenvalue weighted by Gasteiger charge is 2.30. The third-order valence-corrected chi connectivity index (χ3v) is 3.49. The number of nitrogens with zero attached hydrogens (tertiary/aromatic N) is 1. The number of urea groups is 1. The molecule has 3 unspecified atom stereocenters.